The standard InChI is InChI=1S/C21H35N3O7/c1-5-10-29-20(28)23-8-6-15(7-9-23)14-30-17-11-16(12-24(13-17)19(26)27)22-18(25)31-21(2,3)4/h5,15-17H,1,6-14H2,2-4H3,(H,22,25)(H,26,27)/t16-,17+/m0/s1. The Morgan fingerprint density at radius 1 is 1.16 bits per heavy atom. The highest BCUT2D eigenvalue weighted by Crippen LogP contribution is 2.21. The van der Waals surface area contributed by atoms with Crippen molar-refractivity contribution >= 4 is 18.3 Å². The number of rotatable bonds is 6. The molecular formula is C21H35N3O7. The van der Waals surface area contributed by atoms with E-state index in [1.54, 1.807) is 25.7 Å². The summed E-state index contributed by atoms with van der Waals surface area (Å²) in [4.78, 5) is 38.4. The van der Waals surface area contributed by atoms with Gasteiger partial charge in [-0.05, 0) is 46.0 Å². The second-order valence-corrected chi connectivity index (χ2v) is 9.02. The molecule has 0 saturated carbocycles. The normalized spacial score (nSPS) is 22.5. The van der Waals surface area contributed by atoms with E-state index in [4.69, 9.17) is 14.2 Å². The molecule has 0 spiro atoms. The molecule has 31 heavy (non-hydrogen) atoms. The van der Waals surface area contributed by atoms with Crippen LogP contribution in [0.25, 0.3) is 0 Å². The van der Waals surface area contributed by atoms with Crippen LogP contribution in [0, 0.1) is 5.92 Å². The Hall–Kier alpha value is -2.49. The molecule has 2 N–H and O–H groups in total. The molecule has 0 aromatic carbocycles. The van der Waals surface area contributed by atoms with Gasteiger partial charge in [-0.1, -0.05) is 12.7 Å². The number of hydrogen-bond donors (Lipinski definition) is 2. The maximum atomic E-state index is 12.1. The zero-order valence-electron chi connectivity index (χ0n) is 18.7. The predicted octanol–water partition coefficient (Wildman–Crippen LogP) is 2.68. The molecule has 2 atom stereocenters. The number of alkyl carbamates (subject to hydrolysis) is 1. The lowest BCUT2D eigenvalue weighted by molar-refractivity contribution is -0.0303. The molecule has 2 rings (SSSR count). The first-order chi connectivity index (χ1) is 14.6. The molecule has 0 aromatic rings. The van der Waals surface area contributed by atoms with E-state index >= 15 is 0 Å². The summed E-state index contributed by atoms with van der Waals surface area (Å²) >= 11 is 0. The lowest BCUT2D eigenvalue weighted by Crippen LogP contribution is -2.55. The number of nitrogens with one attached hydrogen (secondary N) is 1. The summed E-state index contributed by atoms with van der Waals surface area (Å²) in [6.07, 6.45) is 1.36. The number of amides is 3. The molecule has 10 heteroatoms. The summed E-state index contributed by atoms with van der Waals surface area (Å²) < 4.78 is 16.4. The third-order valence-electron chi connectivity index (χ3n) is 5.17. The average molecular weight is 442 g/mol. The van der Waals surface area contributed by atoms with Crippen LogP contribution < -0.4 is 5.32 Å². The van der Waals surface area contributed by atoms with Gasteiger partial charge >= 0.3 is 18.3 Å². The molecule has 2 heterocycles. The Morgan fingerprint density at radius 3 is 2.42 bits per heavy atom. The molecule has 0 bridgehead atoms. The Balaban J connectivity index is 1.81. The van der Waals surface area contributed by atoms with Crippen LogP contribution in [0.1, 0.15) is 40.0 Å². The lowest BCUT2D eigenvalue weighted by Gasteiger charge is -2.38. The van der Waals surface area contributed by atoms with Gasteiger partial charge in [0.1, 0.15) is 12.2 Å². The van der Waals surface area contributed by atoms with Gasteiger partial charge in [-0.3, -0.25) is 0 Å². The highest BCUT2D eigenvalue weighted by atomic mass is 16.6. The number of ether oxygens (including phenoxy) is 3. The second-order valence-electron chi connectivity index (χ2n) is 9.02. The Morgan fingerprint density at radius 2 is 1.84 bits per heavy atom. The number of hydrogen-bond acceptors (Lipinski definition) is 6. The van der Waals surface area contributed by atoms with Gasteiger partial charge in [-0.2, -0.15) is 0 Å². The number of carbonyl (C=O) groups is 3. The van der Waals surface area contributed by atoms with Crippen molar-refractivity contribution in [3.63, 3.8) is 0 Å². The van der Waals surface area contributed by atoms with E-state index in [-0.39, 0.29) is 43.9 Å². The molecule has 176 valence electrons. The van der Waals surface area contributed by atoms with Gasteiger partial charge in [-0.15, -0.1) is 0 Å². The van der Waals surface area contributed by atoms with Crippen molar-refractivity contribution < 1.29 is 33.7 Å². The molecule has 2 aliphatic heterocycles. The van der Waals surface area contributed by atoms with Gasteiger partial charge in [-0.25, -0.2) is 14.4 Å². The van der Waals surface area contributed by atoms with Crippen LogP contribution in [0.5, 0.6) is 0 Å². The van der Waals surface area contributed by atoms with Crippen molar-refractivity contribution in [2.45, 2.75) is 57.8 Å². The number of carboxylic acid groups (broad SMARTS) is 1. The fraction of sp³-hybridized carbons (Fsp3) is 0.762. The first-order valence-electron chi connectivity index (χ1n) is 10.7. The maximum absolute atomic E-state index is 12.1. The summed E-state index contributed by atoms with van der Waals surface area (Å²) in [5.74, 6) is 0.279. The molecule has 3 amide bonds. The van der Waals surface area contributed by atoms with E-state index in [9.17, 15) is 19.5 Å². The molecular weight excluding hydrogens is 406 g/mol. The molecule has 0 aliphatic carbocycles. The quantitative estimate of drug-likeness (QED) is 0.609. The van der Waals surface area contributed by atoms with Gasteiger partial charge in [0.05, 0.1) is 18.7 Å². The largest absolute Gasteiger partial charge is 0.465 e. The van der Waals surface area contributed by atoms with Crippen LogP contribution in [0.2, 0.25) is 0 Å². The SMILES string of the molecule is C=CCOC(=O)N1CCC(CO[C@@H]2C[C@H](NC(=O)OC(C)(C)C)CN(C(=O)O)C2)CC1. The summed E-state index contributed by atoms with van der Waals surface area (Å²) in [7, 11) is 0. The summed E-state index contributed by atoms with van der Waals surface area (Å²) in [5, 5.41) is 12.2. The number of likely N-dealkylation sites (tertiary alicyclic amines) is 2. The smallest absolute Gasteiger partial charge is 0.410 e. The molecule has 0 unspecified atom stereocenters. The number of piperidine rings is 2. The minimum Gasteiger partial charge on any atom is -0.465 e. The topological polar surface area (TPSA) is 118 Å². The first kappa shape index (κ1) is 24.8. The van der Waals surface area contributed by atoms with Crippen molar-refractivity contribution in [3.05, 3.63) is 12.7 Å². The van der Waals surface area contributed by atoms with E-state index in [2.05, 4.69) is 11.9 Å². The second kappa shape index (κ2) is 11.2. The van der Waals surface area contributed by atoms with Crippen molar-refractivity contribution in [1.29, 1.82) is 0 Å². The summed E-state index contributed by atoms with van der Waals surface area (Å²) in [6.45, 7) is 11.2. The van der Waals surface area contributed by atoms with E-state index < -0.39 is 17.8 Å². The number of nitrogens with zero attached hydrogens (tertiary/aromatic N) is 2. The molecule has 10 nitrogen and oxygen atoms in total. The summed E-state index contributed by atoms with van der Waals surface area (Å²) in [5.41, 5.74) is -0.631. The minimum absolute atomic E-state index is 0.194. The monoisotopic (exact) mass is 441 g/mol. The molecule has 0 aromatic heterocycles. The fourth-order valence-electron chi connectivity index (χ4n) is 3.68. The molecule has 2 fully saturated rings. The fourth-order valence-corrected chi connectivity index (χ4v) is 3.68. The maximum Gasteiger partial charge on any atom is 0.410 e. The molecule has 0 radical (unpaired) electrons. The highest BCUT2D eigenvalue weighted by molar-refractivity contribution is 5.69. The van der Waals surface area contributed by atoms with E-state index in [0.717, 1.165) is 12.8 Å². The molecule has 2 aliphatic rings. The first-order valence-corrected chi connectivity index (χ1v) is 10.7. The predicted molar refractivity (Wildman–Crippen MR) is 113 cm³/mol. The average Bonchev–Trinajstić information content (AvgIpc) is 2.69. The van der Waals surface area contributed by atoms with Crippen LogP contribution in [0.15, 0.2) is 12.7 Å². The van der Waals surface area contributed by atoms with Crippen molar-refractivity contribution in [3.8, 4) is 0 Å². The van der Waals surface area contributed by atoms with Crippen molar-refractivity contribution in [1.82, 2.24) is 15.1 Å². The molecule has 2 saturated heterocycles. The third kappa shape index (κ3) is 8.64. The Labute approximate surface area is 183 Å². The highest BCUT2D eigenvalue weighted by Gasteiger charge is 2.33. The van der Waals surface area contributed by atoms with Gasteiger partial charge in [0, 0.05) is 26.2 Å². The van der Waals surface area contributed by atoms with Crippen LogP contribution in [-0.4, -0.2) is 90.3 Å². The Bertz CT molecular complexity index is 641. The van der Waals surface area contributed by atoms with E-state index in [0.29, 0.717) is 26.1 Å². The van der Waals surface area contributed by atoms with Crippen LogP contribution in [0.3, 0.4) is 0 Å². The number of carbonyl (C=O) groups excluding carboxylic acids is 2. The minimum atomic E-state index is -1.05. The van der Waals surface area contributed by atoms with Gasteiger partial charge in [0.15, 0.2) is 0 Å². The van der Waals surface area contributed by atoms with Gasteiger partial charge in [0.25, 0.3) is 0 Å². The van der Waals surface area contributed by atoms with E-state index in [1.807, 2.05) is 0 Å². The zero-order chi connectivity index (χ0) is 23.0. The Kier molecular flexibility index (Phi) is 8.97. The zero-order valence-corrected chi connectivity index (χ0v) is 18.7. The van der Waals surface area contributed by atoms with Crippen molar-refractivity contribution in [2.75, 3.05) is 39.4 Å². The van der Waals surface area contributed by atoms with Crippen LogP contribution >= 0.6 is 0 Å². The third-order valence-corrected chi connectivity index (χ3v) is 5.17. The van der Waals surface area contributed by atoms with Gasteiger partial charge < -0.3 is 34.4 Å². The van der Waals surface area contributed by atoms with Crippen molar-refractivity contribution in [2.24, 2.45) is 5.92 Å². The van der Waals surface area contributed by atoms with Crippen LogP contribution in [0.4, 0.5) is 14.4 Å². The van der Waals surface area contributed by atoms with Gasteiger partial charge in [0.2, 0.25) is 0 Å². The van der Waals surface area contributed by atoms with Crippen LogP contribution in [-0.2, 0) is 14.2 Å². The lowest BCUT2D eigenvalue weighted by atomic mass is 9.97. The van der Waals surface area contributed by atoms with E-state index in [1.165, 1.54) is 11.0 Å². The summed E-state index contributed by atoms with van der Waals surface area (Å²) in [6, 6.07) is -0.383.